The number of rotatable bonds is 3. The topological polar surface area (TPSA) is 64.3 Å². The molecule has 0 aliphatic rings. The third-order valence-corrected chi connectivity index (χ3v) is 3.05. The zero-order valence-corrected chi connectivity index (χ0v) is 13.5. The number of alkyl carbamates (subject to hydrolysis) is 1. The van der Waals surface area contributed by atoms with Gasteiger partial charge in [-0.1, -0.05) is 33.6 Å². The van der Waals surface area contributed by atoms with Crippen molar-refractivity contribution in [1.82, 2.24) is 5.32 Å². The first-order valence-corrected chi connectivity index (χ1v) is 7.03. The summed E-state index contributed by atoms with van der Waals surface area (Å²) < 4.78 is 6.01. The number of benzene rings is 1. The summed E-state index contributed by atoms with van der Waals surface area (Å²) in [5.74, 6) is 0. The van der Waals surface area contributed by atoms with E-state index >= 15 is 0 Å². The largest absolute Gasteiger partial charge is 0.444 e. The molecule has 0 radical (unpaired) electrons. The van der Waals surface area contributed by atoms with Gasteiger partial charge in [0.2, 0.25) is 0 Å². The molecule has 0 spiro atoms. The molecule has 0 aliphatic heterocycles. The van der Waals surface area contributed by atoms with E-state index in [-0.39, 0.29) is 12.6 Å². The Kier molecular flexibility index (Phi) is 5.64. The molecule has 0 saturated carbocycles. The molecule has 0 heterocycles. The molecule has 3 N–H and O–H groups in total. The lowest BCUT2D eigenvalue weighted by molar-refractivity contribution is 0.0524. The molecule has 1 unspecified atom stereocenters. The zero-order chi connectivity index (χ0) is 14.6. The van der Waals surface area contributed by atoms with Crippen LogP contribution in [-0.4, -0.2) is 18.2 Å². The summed E-state index contributed by atoms with van der Waals surface area (Å²) in [4.78, 5) is 11.5. The molecule has 0 aromatic heterocycles. The first-order valence-electron chi connectivity index (χ1n) is 5.86. The van der Waals surface area contributed by atoms with E-state index in [0.29, 0.717) is 5.02 Å². The lowest BCUT2D eigenvalue weighted by atomic mass is 10.1. The van der Waals surface area contributed by atoms with Gasteiger partial charge >= 0.3 is 6.09 Å². The molecular weight excluding hydrogens is 332 g/mol. The minimum absolute atomic E-state index is 0.260. The second-order valence-electron chi connectivity index (χ2n) is 5.16. The summed E-state index contributed by atoms with van der Waals surface area (Å²) in [6.07, 6.45) is -0.490. The van der Waals surface area contributed by atoms with Gasteiger partial charge in [-0.05, 0) is 38.5 Å². The van der Waals surface area contributed by atoms with Crippen molar-refractivity contribution in [2.45, 2.75) is 32.4 Å². The van der Waals surface area contributed by atoms with E-state index in [1.165, 1.54) is 0 Å². The van der Waals surface area contributed by atoms with Crippen LogP contribution in [0.5, 0.6) is 0 Å². The van der Waals surface area contributed by atoms with Gasteiger partial charge in [0.25, 0.3) is 0 Å². The van der Waals surface area contributed by atoms with Crippen LogP contribution in [0.1, 0.15) is 32.4 Å². The maximum absolute atomic E-state index is 11.5. The van der Waals surface area contributed by atoms with Gasteiger partial charge in [0.15, 0.2) is 0 Å². The predicted octanol–water partition coefficient (Wildman–Crippen LogP) is 3.63. The van der Waals surface area contributed by atoms with Crippen LogP contribution in [0.3, 0.4) is 0 Å². The van der Waals surface area contributed by atoms with Gasteiger partial charge in [-0.25, -0.2) is 4.79 Å². The Bertz CT molecular complexity index is 460. The average Bonchev–Trinajstić information content (AvgIpc) is 2.23. The van der Waals surface area contributed by atoms with E-state index in [1.807, 2.05) is 12.1 Å². The molecule has 0 bridgehead atoms. The van der Waals surface area contributed by atoms with E-state index in [4.69, 9.17) is 22.1 Å². The van der Waals surface area contributed by atoms with Crippen LogP contribution in [0, 0.1) is 0 Å². The van der Waals surface area contributed by atoms with Crippen LogP contribution in [0.4, 0.5) is 4.79 Å². The standard InChI is InChI=1S/C13H18BrClN2O2/c1-13(2,3)19-12(18)17-7-11(16)9-5-4-8(14)6-10(9)15/h4-6,11H,7,16H2,1-3H3,(H,17,18). The highest BCUT2D eigenvalue weighted by atomic mass is 79.9. The third kappa shape index (κ3) is 5.80. The Morgan fingerprint density at radius 2 is 2.16 bits per heavy atom. The number of carbonyl (C=O) groups is 1. The molecule has 0 saturated heterocycles. The number of nitrogens with two attached hydrogens (primary N) is 1. The van der Waals surface area contributed by atoms with E-state index in [0.717, 1.165) is 10.0 Å². The van der Waals surface area contributed by atoms with Crippen molar-refractivity contribution in [3.8, 4) is 0 Å². The molecule has 6 heteroatoms. The number of nitrogens with one attached hydrogen (secondary N) is 1. The van der Waals surface area contributed by atoms with E-state index in [2.05, 4.69) is 21.2 Å². The zero-order valence-electron chi connectivity index (χ0n) is 11.2. The normalized spacial score (nSPS) is 12.9. The third-order valence-electron chi connectivity index (χ3n) is 2.23. The second kappa shape index (κ2) is 6.59. The Labute approximate surface area is 126 Å². The van der Waals surface area contributed by atoms with Crippen molar-refractivity contribution in [3.63, 3.8) is 0 Å². The van der Waals surface area contributed by atoms with Crippen molar-refractivity contribution in [3.05, 3.63) is 33.3 Å². The quantitative estimate of drug-likeness (QED) is 0.876. The van der Waals surface area contributed by atoms with Gasteiger partial charge in [0, 0.05) is 22.1 Å². The average molecular weight is 350 g/mol. The van der Waals surface area contributed by atoms with Gasteiger partial charge in [-0.15, -0.1) is 0 Å². The second-order valence-corrected chi connectivity index (χ2v) is 6.48. The van der Waals surface area contributed by atoms with Crippen molar-refractivity contribution in [2.24, 2.45) is 5.73 Å². The molecule has 1 atom stereocenters. The van der Waals surface area contributed by atoms with Crippen molar-refractivity contribution < 1.29 is 9.53 Å². The number of carbonyl (C=O) groups excluding carboxylic acids is 1. The summed E-state index contributed by atoms with van der Waals surface area (Å²) in [5.41, 5.74) is 6.24. The smallest absolute Gasteiger partial charge is 0.407 e. The minimum Gasteiger partial charge on any atom is -0.444 e. The SMILES string of the molecule is CC(C)(C)OC(=O)NCC(N)c1ccc(Br)cc1Cl. The van der Waals surface area contributed by atoms with Crippen LogP contribution in [-0.2, 0) is 4.74 Å². The van der Waals surface area contributed by atoms with Gasteiger partial charge in [0.1, 0.15) is 5.60 Å². The van der Waals surface area contributed by atoms with Crippen molar-refractivity contribution in [2.75, 3.05) is 6.54 Å². The predicted molar refractivity (Wildman–Crippen MR) is 80.3 cm³/mol. The summed E-state index contributed by atoms with van der Waals surface area (Å²) >= 11 is 9.42. The van der Waals surface area contributed by atoms with Crippen molar-refractivity contribution >= 4 is 33.6 Å². The van der Waals surface area contributed by atoms with Crippen LogP contribution in [0.15, 0.2) is 22.7 Å². The van der Waals surface area contributed by atoms with Crippen molar-refractivity contribution in [1.29, 1.82) is 0 Å². The lowest BCUT2D eigenvalue weighted by Gasteiger charge is -2.21. The molecule has 19 heavy (non-hydrogen) atoms. The summed E-state index contributed by atoms with van der Waals surface area (Å²) in [5, 5.41) is 3.19. The summed E-state index contributed by atoms with van der Waals surface area (Å²) in [6.45, 7) is 5.67. The molecular formula is C13H18BrClN2O2. The van der Waals surface area contributed by atoms with E-state index in [9.17, 15) is 4.79 Å². The maximum Gasteiger partial charge on any atom is 0.407 e. The Morgan fingerprint density at radius 1 is 1.53 bits per heavy atom. The molecule has 1 amide bonds. The molecule has 0 aliphatic carbocycles. The first kappa shape index (κ1) is 16.3. The van der Waals surface area contributed by atoms with E-state index in [1.54, 1.807) is 26.8 Å². The number of amides is 1. The fourth-order valence-corrected chi connectivity index (χ4v) is 2.23. The first-order chi connectivity index (χ1) is 8.69. The van der Waals surface area contributed by atoms with Crippen LogP contribution in [0.25, 0.3) is 0 Å². The number of hydrogen-bond acceptors (Lipinski definition) is 3. The molecule has 1 rings (SSSR count). The Morgan fingerprint density at radius 3 is 2.68 bits per heavy atom. The molecule has 1 aromatic rings. The van der Waals surface area contributed by atoms with Crippen LogP contribution >= 0.6 is 27.5 Å². The highest BCUT2D eigenvalue weighted by molar-refractivity contribution is 9.10. The highest BCUT2D eigenvalue weighted by Crippen LogP contribution is 2.25. The van der Waals surface area contributed by atoms with Gasteiger partial charge in [-0.2, -0.15) is 0 Å². The maximum atomic E-state index is 11.5. The summed E-state index contributed by atoms with van der Waals surface area (Å²) in [6, 6.07) is 5.07. The monoisotopic (exact) mass is 348 g/mol. The number of ether oxygens (including phenoxy) is 1. The lowest BCUT2D eigenvalue weighted by Crippen LogP contribution is -2.36. The molecule has 4 nitrogen and oxygen atoms in total. The van der Waals surface area contributed by atoms with Gasteiger partial charge in [-0.3, -0.25) is 0 Å². The highest BCUT2D eigenvalue weighted by Gasteiger charge is 2.17. The van der Waals surface area contributed by atoms with Gasteiger partial charge in [0.05, 0.1) is 0 Å². The fourth-order valence-electron chi connectivity index (χ4n) is 1.42. The minimum atomic E-state index is -0.524. The molecule has 106 valence electrons. The Hall–Kier alpha value is -0.780. The molecule has 1 aromatic carbocycles. The number of hydrogen-bond donors (Lipinski definition) is 2. The van der Waals surface area contributed by atoms with Crippen LogP contribution < -0.4 is 11.1 Å². The Balaban J connectivity index is 2.56. The van der Waals surface area contributed by atoms with Gasteiger partial charge < -0.3 is 15.8 Å². The van der Waals surface area contributed by atoms with E-state index < -0.39 is 11.7 Å². The summed E-state index contributed by atoms with van der Waals surface area (Å²) in [7, 11) is 0. The molecule has 0 fully saturated rings. The fraction of sp³-hybridized carbons (Fsp3) is 0.462. The number of halogens is 2. The van der Waals surface area contributed by atoms with Crippen LogP contribution in [0.2, 0.25) is 5.02 Å².